The molecule has 7 heteroatoms. The highest BCUT2D eigenvalue weighted by molar-refractivity contribution is 6.33. The second kappa shape index (κ2) is 6.05. The zero-order valence-corrected chi connectivity index (χ0v) is 12.9. The number of primary amides is 1. The van der Waals surface area contributed by atoms with Crippen LogP contribution in [0.15, 0.2) is 18.2 Å². The maximum Gasteiger partial charge on any atom is 0.248 e. The quantitative estimate of drug-likeness (QED) is 0.886. The van der Waals surface area contributed by atoms with E-state index >= 15 is 0 Å². The van der Waals surface area contributed by atoms with Crippen LogP contribution in [0.5, 0.6) is 5.88 Å². The SMILES string of the molecule is COc1c(CNc2cc(C(N)=O)ccc2Cl)c(C)nn1C. The van der Waals surface area contributed by atoms with Gasteiger partial charge in [-0.1, -0.05) is 11.6 Å². The normalized spacial score (nSPS) is 10.5. The number of nitrogens with zero attached hydrogens (tertiary/aromatic N) is 2. The third-order valence-electron chi connectivity index (χ3n) is 3.19. The van der Waals surface area contributed by atoms with Crippen molar-refractivity contribution in [2.75, 3.05) is 12.4 Å². The van der Waals surface area contributed by atoms with E-state index in [4.69, 9.17) is 22.1 Å². The number of ether oxygens (including phenoxy) is 1. The third-order valence-corrected chi connectivity index (χ3v) is 3.52. The molecule has 0 radical (unpaired) electrons. The highest BCUT2D eigenvalue weighted by Crippen LogP contribution is 2.26. The van der Waals surface area contributed by atoms with Gasteiger partial charge in [-0.2, -0.15) is 5.10 Å². The van der Waals surface area contributed by atoms with Gasteiger partial charge in [0.15, 0.2) is 0 Å². The maximum atomic E-state index is 11.2. The lowest BCUT2D eigenvalue weighted by Crippen LogP contribution is -2.11. The van der Waals surface area contributed by atoms with Gasteiger partial charge in [0.05, 0.1) is 29.1 Å². The fourth-order valence-electron chi connectivity index (χ4n) is 2.14. The zero-order valence-electron chi connectivity index (χ0n) is 12.1. The Morgan fingerprint density at radius 3 is 2.86 bits per heavy atom. The average molecular weight is 309 g/mol. The van der Waals surface area contributed by atoms with Crippen LogP contribution in [0.2, 0.25) is 5.02 Å². The first-order chi connectivity index (χ1) is 9.93. The van der Waals surface area contributed by atoms with E-state index < -0.39 is 5.91 Å². The first-order valence-corrected chi connectivity index (χ1v) is 6.71. The number of nitrogens with one attached hydrogen (secondary N) is 1. The Kier molecular flexibility index (Phi) is 4.37. The molecule has 6 nitrogen and oxygen atoms in total. The minimum Gasteiger partial charge on any atom is -0.481 e. The van der Waals surface area contributed by atoms with E-state index in [0.717, 1.165) is 11.3 Å². The fraction of sp³-hybridized carbons (Fsp3) is 0.286. The Labute approximate surface area is 127 Å². The molecule has 0 saturated carbocycles. The molecule has 0 atom stereocenters. The number of anilines is 1. The monoisotopic (exact) mass is 308 g/mol. The molecule has 3 N–H and O–H groups in total. The van der Waals surface area contributed by atoms with Crippen LogP contribution in [0.25, 0.3) is 0 Å². The highest BCUT2D eigenvalue weighted by atomic mass is 35.5. The molecule has 1 heterocycles. The lowest BCUT2D eigenvalue weighted by Gasteiger charge is -2.10. The molecule has 0 aliphatic heterocycles. The molecular formula is C14H17ClN4O2. The second-order valence-corrected chi connectivity index (χ2v) is 5.02. The number of carbonyl (C=O) groups excluding carboxylic acids is 1. The Hall–Kier alpha value is -2.21. The maximum absolute atomic E-state index is 11.2. The number of amides is 1. The van der Waals surface area contributed by atoms with Crippen molar-refractivity contribution in [1.82, 2.24) is 9.78 Å². The number of hydrogen-bond donors (Lipinski definition) is 2. The van der Waals surface area contributed by atoms with Gasteiger partial charge in [-0.05, 0) is 25.1 Å². The number of aryl methyl sites for hydroxylation is 2. The molecule has 2 aromatic rings. The van der Waals surface area contributed by atoms with E-state index in [0.29, 0.717) is 28.7 Å². The van der Waals surface area contributed by atoms with E-state index in [1.54, 1.807) is 30.0 Å². The average Bonchev–Trinajstić information content (AvgIpc) is 2.71. The van der Waals surface area contributed by atoms with Gasteiger partial charge in [0, 0.05) is 19.2 Å². The van der Waals surface area contributed by atoms with Gasteiger partial charge in [0.2, 0.25) is 11.8 Å². The minimum absolute atomic E-state index is 0.400. The molecule has 1 amide bonds. The Morgan fingerprint density at radius 2 is 2.24 bits per heavy atom. The van der Waals surface area contributed by atoms with Crippen LogP contribution in [-0.2, 0) is 13.6 Å². The largest absolute Gasteiger partial charge is 0.481 e. The third kappa shape index (κ3) is 3.11. The van der Waals surface area contributed by atoms with E-state index in [1.165, 1.54) is 0 Å². The first-order valence-electron chi connectivity index (χ1n) is 6.33. The van der Waals surface area contributed by atoms with Crippen LogP contribution < -0.4 is 15.8 Å². The van der Waals surface area contributed by atoms with Crippen molar-refractivity contribution in [2.24, 2.45) is 12.8 Å². The van der Waals surface area contributed by atoms with Crippen molar-refractivity contribution in [3.05, 3.63) is 40.0 Å². The molecule has 1 aromatic heterocycles. The smallest absolute Gasteiger partial charge is 0.248 e. The topological polar surface area (TPSA) is 82.2 Å². The van der Waals surface area contributed by atoms with E-state index in [2.05, 4.69) is 10.4 Å². The molecule has 0 aliphatic carbocycles. The summed E-state index contributed by atoms with van der Waals surface area (Å²) in [5.74, 6) is 0.187. The molecule has 21 heavy (non-hydrogen) atoms. The fourth-order valence-corrected chi connectivity index (χ4v) is 2.32. The number of methoxy groups -OCH3 is 1. The summed E-state index contributed by atoms with van der Waals surface area (Å²) >= 11 is 6.12. The Morgan fingerprint density at radius 1 is 1.52 bits per heavy atom. The predicted molar refractivity (Wildman–Crippen MR) is 81.8 cm³/mol. The van der Waals surface area contributed by atoms with Gasteiger partial charge in [0.25, 0.3) is 0 Å². The molecule has 0 unspecified atom stereocenters. The summed E-state index contributed by atoms with van der Waals surface area (Å²) in [6, 6.07) is 4.85. The summed E-state index contributed by atoms with van der Waals surface area (Å²) in [6.45, 7) is 2.38. The molecule has 1 aromatic carbocycles. The van der Waals surface area contributed by atoms with Gasteiger partial charge in [-0.25, -0.2) is 4.68 Å². The summed E-state index contributed by atoms with van der Waals surface area (Å²) in [5, 5.41) is 8.00. The van der Waals surface area contributed by atoms with Crippen LogP contribution in [0.4, 0.5) is 5.69 Å². The number of carbonyl (C=O) groups is 1. The zero-order chi connectivity index (χ0) is 15.6. The Balaban J connectivity index is 2.24. The van der Waals surface area contributed by atoms with Crippen molar-refractivity contribution >= 4 is 23.2 Å². The molecule has 0 bridgehead atoms. The van der Waals surface area contributed by atoms with Crippen molar-refractivity contribution < 1.29 is 9.53 Å². The lowest BCUT2D eigenvalue weighted by atomic mass is 10.2. The van der Waals surface area contributed by atoms with Crippen molar-refractivity contribution in [3.63, 3.8) is 0 Å². The number of halogens is 1. The highest BCUT2D eigenvalue weighted by Gasteiger charge is 2.14. The van der Waals surface area contributed by atoms with Crippen molar-refractivity contribution in [2.45, 2.75) is 13.5 Å². The predicted octanol–water partition coefficient (Wildman–Crippen LogP) is 2.10. The standard InChI is InChI=1S/C14H17ClN4O2/c1-8-10(14(21-3)19(2)18-8)7-17-12-6-9(13(16)20)4-5-11(12)15/h4-6,17H,7H2,1-3H3,(H2,16,20). The summed E-state index contributed by atoms with van der Waals surface area (Å²) in [5.41, 5.74) is 8.10. The van der Waals surface area contributed by atoms with Gasteiger partial charge in [-0.15, -0.1) is 0 Å². The number of hydrogen-bond acceptors (Lipinski definition) is 4. The first kappa shape index (κ1) is 15.2. The molecule has 0 saturated heterocycles. The van der Waals surface area contributed by atoms with Crippen LogP contribution in [0, 0.1) is 6.92 Å². The molecule has 0 spiro atoms. The summed E-state index contributed by atoms with van der Waals surface area (Å²) in [6.07, 6.45) is 0. The number of rotatable bonds is 5. The van der Waals surface area contributed by atoms with Crippen molar-refractivity contribution in [1.29, 1.82) is 0 Å². The summed E-state index contributed by atoms with van der Waals surface area (Å²) < 4.78 is 7.01. The van der Waals surface area contributed by atoms with Crippen molar-refractivity contribution in [3.8, 4) is 5.88 Å². The lowest BCUT2D eigenvalue weighted by molar-refractivity contribution is 0.100. The van der Waals surface area contributed by atoms with Gasteiger partial charge in [-0.3, -0.25) is 4.79 Å². The molecule has 112 valence electrons. The summed E-state index contributed by atoms with van der Waals surface area (Å²) in [4.78, 5) is 11.2. The van der Waals surface area contributed by atoms with Crippen LogP contribution >= 0.6 is 11.6 Å². The van der Waals surface area contributed by atoms with Crippen LogP contribution in [-0.4, -0.2) is 22.8 Å². The van der Waals surface area contributed by atoms with Crippen LogP contribution in [0.3, 0.4) is 0 Å². The number of nitrogens with two attached hydrogens (primary N) is 1. The van der Waals surface area contributed by atoms with Gasteiger partial charge >= 0.3 is 0 Å². The molecule has 2 rings (SSSR count). The molecule has 0 fully saturated rings. The van der Waals surface area contributed by atoms with Gasteiger partial charge < -0.3 is 15.8 Å². The minimum atomic E-state index is -0.496. The van der Waals surface area contributed by atoms with E-state index in [-0.39, 0.29) is 0 Å². The Bertz CT molecular complexity index is 682. The molecule has 0 aliphatic rings. The van der Waals surface area contributed by atoms with Crippen LogP contribution in [0.1, 0.15) is 21.6 Å². The van der Waals surface area contributed by atoms with E-state index in [9.17, 15) is 4.79 Å². The number of benzene rings is 1. The summed E-state index contributed by atoms with van der Waals surface area (Å²) in [7, 11) is 3.41. The number of aromatic nitrogens is 2. The second-order valence-electron chi connectivity index (χ2n) is 4.61. The van der Waals surface area contributed by atoms with E-state index in [1.807, 2.05) is 14.0 Å². The molecular weight excluding hydrogens is 292 g/mol. The van der Waals surface area contributed by atoms with Gasteiger partial charge in [0.1, 0.15) is 0 Å².